The van der Waals surface area contributed by atoms with Gasteiger partial charge in [-0.3, -0.25) is 4.79 Å². The molecule has 0 bridgehead atoms. The third kappa shape index (κ3) is 4.64. The minimum absolute atomic E-state index is 0.103. The second-order valence-electron chi connectivity index (χ2n) is 8.09. The zero-order valence-corrected chi connectivity index (χ0v) is 17.7. The van der Waals surface area contributed by atoms with E-state index in [0.29, 0.717) is 16.7 Å². The summed E-state index contributed by atoms with van der Waals surface area (Å²) < 4.78 is 5.48. The van der Waals surface area contributed by atoms with Crippen LogP contribution < -0.4 is 0 Å². The molecular formula is C23H29NO7. The summed E-state index contributed by atoms with van der Waals surface area (Å²) in [6.07, 6.45) is -8.16. The van der Waals surface area contributed by atoms with Gasteiger partial charge >= 0.3 is 0 Å². The van der Waals surface area contributed by atoms with Crippen LogP contribution in [0.2, 0.25) is 0 Å². The number of aryl methyl sites for hydroxylation is 1. The maximum atomic E-state index is 12.2. The molecule has 2 aromatic carbocycles. The van der Waals surface area contributed by atoms with Crippen LogP contribution in [0.1, 0.15) is 27.6 Å². The van der Waals surface area contributed by atoms with Gasteiger partial charge in [0, 0.05) is 19.7 Å². The van der Waals surface area contributed by atoms with Crippen molar-refractivity contribution in [2.75, 3.05) is 20.7 Å². The Morgan fingerprint density at radius 2 is 1.71 bits per heavy atom. The van der Waals surface area contributed by atoms with Crippen LogP contribution in [0, 0.1) is 6.92 Å². The Balaban J connectivity index is 1.87. The number of rotatable bonds is 5. The van der Waals surface area contributed by atoms with Crippen LogP contribution in [-0.2, 0) is 4.74 Å². The number of aliphatic hydroxyl groups is 5. The van der Waals surface area contributed by atoms with Gasteiger partial charge in [-0.1, -0.05) is 30.3 Å². The molecule has 31 heavy (non-hydrogen) atoms. The summed E-state index contributed by atoms with van der Waals surface area (Å²) in [5.41, 5.74) is 3.44. The Bertz CT molecular complexity index is 930. The van der Waals surface area contributed by atoms with Gasteiger partial charge in [0.2, 0.25) is 0 Å². The van der Waals surface area contributed by atoms with Gasteiger partial charge in [0.25, 0.3) is 5.91 Å². The van der Waals surface area contributed by atoms with E-state index in [1.165, 1.54) is 4.90 Å². The van der Waals surface area contributed by atoms with E-state index in [-0.39, 0.29) is 5.91 Å². The molecule has 0 aliphatic carbocycles. The topological polar surface area (TPSA) is 131 Å². The number of carbonyl (C=O) groups excluding carboxylic acids is 1. The summed E-state index contributed by atoms with van der Waals surface area (Å²) in [5, 5.41) is 50.4. The monoisotopic (exact) mass is 431 g/mol. The normalized spacial score (nSPS) is 27.0. The van der Waals surface area contributed by atoms with E-state index >= 15 is 0 Å². The summed E-state index contributed by atoms with van der Waals surface area (Å²) in [5.74, 6) is -0.103. The first-order valence-electron chi connectivity index (χ1n) is 10.1. The number of nitrogens with zero attached hydrogens (tertiary/aromatic N) is 1. The Morgan fingerprint density at radius 3 is 2.32 bits per heavy atom. The first-order valence-corrected chi connectivity index (χ1v) is 10.1. The summed E-state index contributed by atoms with van der Waals surface area (Å²) in [7, 11) is 3.38. The van der Waals surface area contributed by atoms with Crippen LogP contribution in [0.15, 0.2) is 42.5 Å². The molecule has 8 heteroatoms. The van der Waals surface area contributed by atoms with E-state index in [2.05, 4.69) is 0 Å². The van der Waals surface area contributed by atoms with E-state index in [1.54, 1.807) is 51.4 Å². The van der Waals surface area contributed by atoms with E-state index in [9.17, 15) is 30.3 Å². The molecule has 0 spiro atoms. The molecule has 0 saturated carbocycles. The summed E-state index contributed by atoms with van der Waals surface area (Å²) in [6, 6.07) is 12.6. The summed E-state index contributed by atoms with van der Waals surface area (Å²) in [6.45, 7) is 1.23. The number of amides is 1. The van der Waals surface area contributed by atoms with Gasteiger partial charge in [-0.25, -0.2) is 0 Å². The van der Waals surface area contributed by atoms with Gasteiger partial charge < -0.3 is 35.2 Å². The van der Waals surface area contributed by atoms with Crippen LogP contribution in [0.4, 0.5) is 0 Å². The van der Waals surface area contributed by atoms with Crippen molar-refractivity contribution in [3.8, 4) is 11.1 Å². The average Bonchev–Trinajstić information content (AvgIpc) is 2.76. The van der Waals surface area contributed by atoms with Crippen molar-refractivity contribution < 1.29 is 35.1 Å². The van der Waals surface area contributed by atoms with Gasteiger partial charge in [-0.2, -0.15) is 0 Å². The predicted octanol–water partition coefficient (Wildman–Crippen LogP) is 0.240. The van der Waals surface area contributed by atoms with Crippen molar-refractivity contribution in [1.29, 1.82) is 0 Å². The van der Waals surface area contributed by atoms with Crippen LogP contribution in [0.5, 0.6) is 0 Å². The molecule has 3 rings (SSSR count). The lowest BCUT2D eigenvalue weighted by atomic mass is 9.87. The highest BCUT2D eigenvalue weighted by atomic mass is 16.6. The minimum Gasteiger partial charge on any atom is -0.394 e. The molecule has 1 aliphatic heterocycles. The Hall–Kier alpha value is -2.33. The number of carbonyl (C=O) groups is 1. The zero-order valence-electron chi connectivity index (χ0n) is 17.7. The molecule has 0 aromatic heterocycles. The molecule has 1 fully saturated rings. The van der Waals surface area contributed by atoms with Gasteiger partial charge in [-0.05, 0) is 41.3 Å². The van der Waals surface area contributed by atoms with Crippen LogP contribution in [0.3, 0.4) is 0 Å². The first kappa shape index (κ1) is 23.3. The van der Waals surface area contributed by atoms with Crippen molar-refractivity contribution in [3.05, 3.63) is 59.2 Å². The number of hydrogen-bond acceptors (Lipinski definition) is 7. The Kier molecular flexibility index (Phi) is 7.10. The fourth-order valence-corrected chi connectivity index (χ4v) is 3.85. The van der Waals surface area contributed by atoms with E-state index in [1.807, 2.05) is 12.1 Å². The molecule has 6 atom stereocenters. The molecule has 1 heterocycles. The molecule has 2 unspecified atom stereocenters. The number of ether oxygens (including phenoxy) is 1. The Morgan fingerprint density at radius 1 is 1.03 bits per heavy atom. The SMILES string of the molecule is Cc1cc(-c2cccc(C(=O)N(C)C)c2)ccc1[C@@H](O)[C@H]1OC(CO)[C@@H](O)[C@H](O)C1O. The smallest absolute Gasteiger partial charge is 0.253 e. The van der Waals surface area contributed by atoms with Crippen LogP contribution in [0.25, 0.3) is 11.1 Å². The van der Waals surface area contributed by atoms with Crippen molar-refractivity contribution in [3.63, 3.8) is 0 Å². The lowest BCUT2D eigenvalue weighted by molar-refractivity contribution is -0.250. The molecular weight excluding hydrogens is 402 g/mol. The molecule has 168 valence electrons. The third-order valence-electron chi connectivity index (χ3n) is 5.68. The second-order valence-corrected chi connectivity index (χ2v) is 8.09. The van der Waals surface area contributed by atoms with Gasteiger partial charge in [0.15, 0.2) is 0 Å². The van der Waals surface area contributed by atoms with Crippen LogP contribution in [-0.4, -0.2) is 87.6 Å². The summed E-state index contributed by atoms with van der Waals surface area (Å²) in [4.78, 5) is 13.7. The highest BCUT2D eigenvalue weighted by Gasteiger charge is 2.46. The lowest BCUT2D eigenvalue weighted by Crippen LogP contribution is -2.59. The molecule has 1 saturated heterocycles. The van der Waals surface area contributed by atoms with Crippen molar-refractivity contribution in [2.45, 2.75) is 43.5 Å². The number of aliphatic hydroxyl groups excluding tert-OH is 5. The maximum absolute atomic E-state index is 12.2. The van der Waals surface area contributed by atoms with Crippen molar-refractivity contribution in [1.82, 2.24) is 4.90 Å². The van der Waals surface area contributed by atoms with E-state index in [4.69, 9.17) is 4.74 Å². The zero-order chi connectivity index (χ0) is 22.9. The van der Waals surface area contributed by atoms with Gasteiger partial charge in [-0.15, -0.1) is 0 Å². The standard InChI is InChI=1S/C23H29NO7/c1-12-9-14(13-5-4-6-15(10-13)23(30)24(2)3)7-8-16(12)18(26)22-21(29)20(28)19(27)17(11-25)31-22/h4-10,17-22,25-29H,11H2,1-3H3/t17?,18-,19-,20+,21?,22-/m1/s1. The number of benzene rings is 2. The highest BCUT2D eigenvalue weighted by Crippen LogP contribution is 2.33. The molecule has 1 aliphatic rings. The van der Waals surface area contributed by atoms with Crippen molar-refractivity contribution in [2.24, 2.45) is 0 Å². The first-order chi connectivity index (χ1) is 14.6. The predicted molar refractivity (Wildman–Crippen MR) is 113 cm³/mol. The largest absolute Gasteiger partial charge is 0.394 e. The van der Waals surface area contributed by atoms with E-state index in [0.717, 1.165) is 11.1 Å². The van der Waals surface area contributed by atoms with Gasteiger partial charge in [0.1, 0.15) is 36.6 Å². The molecule has 1 amide bonds. The van der Waals surface area contributed by atoms with Crippen LogP contribution >= 0.6 is 0 Å². The minimum atomic E-state index is -1.55. The molecule has 8 nitrogen and oxygen atoms in total. The molecule has 2 aromatic rings. The quantitative estimate of drug-likeness (QED) is 0.458. The molecule has 5 N–H and O–H groups in total. The fourth-order valence-electron chi connectivity index (χ4n) is 3.85. The fraction of sp³-hybridized carbons (Fsp3) is 0.435. The molecule has 0 radical (unpaired) electrons. The van der Waals surface area contributed by atoms with E-state index < -0.39 is 43.2 Å². The average molecular weight is 431 g/mol. The summed E-state index contributed by atoms with van der Waals surface area (Å²) >= 11 is 0. The van der Waals surface area contributed by atoms with Gasteiger partial charge in [0.05, 0.1) is 6.61 Å². The highest BCUT2D eigenvalue weighted by molar-refractivity contribution is 5.95. The van der Waals surface area contributed by atoms with Crippen molar-refractivity contribution >= 4 is 5.91 Å². The number of hydrogen-bond donors (Lipinski definition) is 5. The maximum Gasteiger partial charge on any atom is 0.253 e. The Labute approximate surface area is 181 Å². The second kappa shape index (κ2) is 9.44. The third-order valence-corrected chi connectivity index (χ3v) is 5.68. The lowest BCUT2D eigenvalue weighted by Gasteiger charge is -2.42.